The van der Waals surface area contributed by atoms with Gasteiger partial charge in [0.1, 0.15) is 5.75 Å². The first-order valence-electron chi connectivity index (χ1n) is 7.14. The minimum absolute atomic E-state index is 0.318. The molecule has 0 aliphatic carbocycles. The fourth-order valence-corrected chi connectivity index (χ4v) is 2.08. The van der Waals surface area contributed by atoms with Crippen LogP contribution in [0.25, 0.3) is 0 Å². The maximum absolute atomic E-state index is 5.91. The first kappa shape index (κ1) is 16.0. The summed E-state index contributed by atoms with van der Waals surface area (Å²) in [4.78, 5) is 0. The fourth-order valence-electron chi connectivity index (χ4n) is 2.08. The number of nitrogens with one attached hydrogen (secondary N) is 1. The molecule has 0 saturated heterocycles. The molecule has 0 aliphatic rings. The first-order valence-corrected chi connectivity index (χ1v) is 7.14. The number of aryl methyl sites for hydroxylation is 1. The van der Waals surface area contributed by atoms with Crippen LogP contribution in [0.2, 0.25) is 0 Å². The monoisotopic (exact) mass is 265 g/mol. The van der Waals surface area contributed by atoms with E-state index in [0.717, 1.165) is 38.3 Å². The zero-order valence-electron chi connectivity index (χ0n) is 12.7. The molecule has 3 nitrogen and oxygen atoms in total. The summed E-state index contributed by atoms with van der Waals surface area (Å²) >= 11 is 0. The standard InChI is InChI=1S/C16H27NO2/c1-5-17-14(3)15-12-13(2)8-9-16(15)19-11-7-6-10-18-4/h8-9,12,14,17H,5-7,10-11H2,1-4H3. The second-order valence-corrected chi connectivity index (χ2v) is 4.87. The summed E-state index contributed by atoms with van der Waals surface area (Å²) in [5.41, 5.74) is 2.51. The Bertz CT molecular complexity index is 366. The predicted octanol–water partition coefficient (Wildman–Crippen LogP) is 3.47. The lowest BCUT2D eigenvalue weighted by atomic mass is 10.0. The highest BCUT2D eigenvalue weighted by atomic mass is 16.5. The smallest absolute Gasteiger partial charge is 0.124 e. The van der Waals surface area contributed by atoms with Crippen molar-refractivity contribution in [1.82, 2.24) is 5.32 Å². The summed E-state index contributed by atoms with van der Waals surface area (Å²) in [6.07, 6.45) is 2.07. The van der Waals surface area contributed by atoms with Crippen LogP contribution in [0, 0.1) is 6.92 Å². The molecule has 0 fully saturated rings. The molecule has 0 amide bonds. The zero-order valence-corrected chi connectivity index (χ0v) is 12.7. The minimum atomic E-state index is 0.318. The Morgan fingerprint density at radius 2 is 1.95 bits per heavy atom. The van der Waals surface area contributed by atoms with Crippen LogP contribution in [0.1, 0.15) is 43.9 Å². The Morgan fingerprint density at radius 3 is 2.63 bits per heavy atom. The van der Waals surface area contributed by atoms with Gasteiger partial charge in [0.05, 0.1) is 6.61 Å². The van der Waals surface area contributed by atoms with Gasteiger partial charge in [0.15, 0.2) is 0 Å². The van der Waals surface area contributed by atoms with Gasteiger partial charge >= 0.3 is 0 Å². The molecular weight excluding hydrogens is 238 g/mol. The third-order valence-corrected chi connectivity index (χ3v) is 3.14. The quantitative estimate of drug-likeness (QED) is 0.693. The largest absolute Gasteiger partial charge is 0.493 e. The molecule has 19 heavy (non-hydrogen) atoms. The average Bonchev–Trinajstić information content (AvgIpc) is 2.40. The van der Waals surface area contributed by atoms with E-state index in [9.17, 15) is 0 Å². The summed E-state index contributed by atoms with van der Waals surface area (Å²) in [6.45, 7) is 8.93. The molecule has 1 aromatic carbocycles. The molecule has 0 bridgehead atoms. The Morgan fingerprint density at radius 1 is 1.21 bits per heavy atom. The van der Waals surface area contributed by atoms with E-state index >= 15 is 0 Å². The van der Waals surface area contributed by atoms with Gasteiger partial charge in [-0.05, 0) is 39.3 Å². The summed E-state index contributed by atoms with van der Waals surface area (Å²) in [6, 6.07) is 6.71. The highest BCUT2D eigenvalue weighted by Gasteiger charge is 2.11. The molecule has 3 heteroatoms. The molecule has 0 heterocycles. The molecule has 108 valence electrons. The van der Waals surface area contributed by atoms with Gasteiger partial charge < -0.3 is 14.8 Å². The Hall–Kier alpha value is -1.06. The topological polar surface area (TPSA) is 30.5 Å². The zero-order chi connectivity index (χ0) is 14.1. The van der Waals surface area contributed by atoms with Crippen molar-refractivity contribution in [2.24, 2.45) is 0 Å². The third kappa shape index (κ3) is 5.62. The van der Waals surface area contributed by atoms with Crippen LogP contribution in [-0.4, -0.2) is 26.9 Å². The number of hydrogen-bond donors (Lipinski definition) is 1. The second-order valence-electron chi connectivity index (χ2n) is 4.87. The fraction of sp³-hybridized carbons (Fsp3) is 0.625. The van der Waals surface area contributed by atoms with E-state index in [1.165, 1.54) is 11.1 Å². The summed E-state index contributed by atoms with van der Waals surface area (Å²) in [5.74, 6) is 0.997. The molecule has 0 radical (unpaired) electrons. The van der Waals surface area contributed by atoms with Gasteiger partial charge in [0.2, 0.25) is 0 Å². The van der Waals surface area contributed by atoms with E-state index < -0.39 is 0 Å². The van der Waals surface area contributed by atoms with Crippen molar-refractivity contribution < 1.29 is 9.47 Å². The van der Waals surface area contributed by atoms with Crippen molar-refractivity contribution in [3.63, 3.8) is 0 Å². The Balaban J connectivity index is 2.60. The number of rotatable bonds is 9. The van der Waals surface area contributed by atoms with Crippen molar-refractivity contribution in [2.45, 2.75) is 39.7 Å². The van der Waals surface area contributed by atoms with Crippen molar-refractivity contribution in [3.05, 3.63) is 29.3 Å². The summed E-state index contributed by atoms with van der Waals surface area (Å²) in [7, 11) is 1.73. The van der Waals surface area contributed by atoms with Crippen LogP contribution in [0.3, 0.4) is 0 Å². The highest BCUT2D eigenvalue weighted by molar-refractivity contribution is 5.38. The van der Waals surface area contributed by atoms with Crippen LogP contribution >= 0.6 is 0 Å². The molecule has 0 aromatic heterocycles. The Kier molecular flexibility index (Phi) is 7.53. The van der Waals surface area contributed by atoms with Crippen LogP contribution < -0.4 is 10.1 Å². The van der Waals surface area contributed by atoms with Crippen molar-refractivity contribution in [1.29, 1.82) is 0 Å². The first-order chi connectivity index (χ1) is 9.19. The van der Waals surface area contributed by atoms with Gasteiger partial charge in [-0.15, -0.1) is 0 Å². The molecule has 1 rings (SSSR count). The molecule has 0 aliphatic heterocycles. The number of ether oxygens (including phenoxy) is 2. The van der Waals surface area contributed by atoms with Gasteiger partial charge in [-0.2, -0.15) is 0 Å². The number of hydrogen-bond acceptors (Lipinski definition) is 3. The molecule has 0 saturated carbocycles. The number of benzene rings is 1. The minimum Gasteiger partial charge on any atom is -0.493 e. The van der Waals surface area contributed by atoms with E-state index in [-0.39, 0.29) is 0 Å². The number of methoxy groups -OCH3 is 1. The molecule has 1 N–H and O–H groups in total. The van der Waals surface area contributed by atoms with E-state index in [1.54, 1.807) is 7.11 Å². The van der Waals surface area contributed by atoms with Gasteiger partial charge in [-0.1, -0.05) is 24.6 Å². The number of unbranched alkanes of at least 4 members (excludes halogenated alkanes) is 1. The summed E-state index contributed by atoms with van der Waals surface area (Å²) in [5, 5.41) is 3.44. The average molecular weight is 265 g/mol. The van der Waals surface area contributed by atoms with Crippen LogP contribution in [0.15, 0.2) is 18.2 Å². The molecule has 0 spiro atoms. The predicted molar refractivity (Wildman–Crippen MR) is 79.9 cm³/mol. The van der Waals surface area contributed by atoms with Gasteiger partial charge in [-0.25, -0.2) is 0 Å². The van der Waals surface area contributed by atoms with Crippen LogP contribution in [-0.2, 0) is 4.74 Å². The van der Waals surface area contributed by atoms with E-state index in [1.807, 2.05) is 0 Å². The SMILES string of the molecule is CCNC(C)c1cc(C)ccc1OCCCCOC. The maximum atomic E-state index is 5.91. The van der Waals surface area contributed by atoms with Crippen LogP contribution in [0.4, 0.5) is 0 Å². The normalized spacial score (nSPS) is 12.4. The van der Waals surface area contributed by atoms with Gasteiger partial charge in [0, 0.05) is 25.3 Å². The lowest BCUT2D eigenvalue weighted by Crippen LogP contribution is -2.18. The van der Waals surface area contributed by atoms with Crippen molar-refractivity contribution in [2.75, 3.05) is 26.9 Å². The molecule has 1 atom stereocenters. The second kappa shape index (κ2) is 8.94. The van der Waals surface area contributed by atoms with E-state index in [0.29, 0.717) is 6.04 Å². The lowest BCUT2D eigenvalue weighted by Gasteiger charge is -2.18. The highest BCUT2D eigenvalue weighted by Crippen LogP contribution is 2.26. The van der Waals surface area contributed by atoms with Gasteiger partial charge in [-0.3, -0.25) is 0 Å². The molecule has 1 aromatic rings. The van der Waals surface area contributed by atoms with Crippen molar-refractivity contribution >= 4 is 0 Å². The van der Waals surface area contributed by atoms with Gasteiger partial charge in [0.25, 0.3) is 0 Å². The summed E-state index contributed by atoms with van der Waals surface area (Å²) < 4.78 is 10.9. The Labute approximate surface area is 117 Å². The van der Waals surface area contributed by atoms with Crippen LogP contribution in [0.5, 0.6) is 5.75 Å². The van der Waals surface area contributed by atoms with Crippen molar-refractivity contribution in [3.8, 4) is 5.75 Å². The maximum Gasteiger partial charge on any atom is 0.124 e. The van der Waals surface area contributed by atoms with E-state index in [4.69, 9.17) is 9.47 Å². The third-order valence-electron chi connectivity index (χ3n) is 3.14. The van der Waals surface area contributed by atoms with E-state index in [2.05, 4.69) is 44.3 Å². The lowest BCUT2D eigenvalue weighted by molar-refractivity contribution is 0.184. The molecule has 1 unspecified atom stereocenters. The molecular formula is C16H27NO2.